The van der Waals surface area contributed by atoms with Crippen LogP contribution in [-0.4, -0.2) is 64.8 Å². The Morgan fingerprint density at radius 3 is 2.51 bits per heavy atom. The molecule has 0 bridgehead atoms. The van der Waals surface area contributed by atoms with Gasteiger partial charge in [-0.1, -0.05) is 65.8 Å². The van der Waals surface area contributed by atoms with E-state index in [0.29, 0.717) is 41.3 Å². The van der Waals surface area contributed by atoms with E-state index in [4.69, 9.17) is 21.6 Å². The number of amidine groups is 2. The van der Waals surface area contributed by atoms with Gasteiger partial charge in [0.15, 0.2) is 5.17 Å². The third-order valence-electron chi connectivity index (χ3n) is 7.19. The topological polar surface area (TPSA) is 68.6 Å². The maximum atomic E-state index is 13.6. The molecule has 7 nitrogen and oxygen atoms in total. The quantitative estimate of drug-likeness (QED) is 0.409. The molecule has 1 fully saturated rings. The summed E-state index contributed by atoms with van der Waals surface area (Å²) < 4.78 is 0. The molecule has 2 amide bonds. The van der Waals surface area contributed by atoms with Gasteiger partial charge in [-0.05, 0) is 48.4 Å². The molecule has 3 aromatic carbocycles. The Morgan fingerprint density at radius 1 is 0.949 bits per heavy atom. The van der Waals surface area contributed by atoms with E-state index in [9.17, 15) is 9.59 Å². The molecule has 1 atom stereocenters. The van der Waals surface area contributed by atoms with Gasteiger partial charge in [-0.3, -0.25) is 14.6 Å². The minimum atomic E-state index is -0.599. The number of nitrogens with zero attached hydrogens (tertiary/aromatic N) is 5. The first-order valence-electron chi connectivity index (χ1n) is 13.1. The van der Waals surface area contributed by atoms with Gasteiger partial charge in [0.1, 0.15) is 11.9 Å². The predicted octanol–water partition coefficient (Wildman–Crippen LogP) is 5.36. The Labute approximate surface area is 237 Å². The molecule has 0 saturated carbocycles. The summed E-state index contributed by atoms with van der Waals surface area (Å²) >= 11 is 7.65. The number of rotatable bonds is 6. The summed E-state index contributed by atoms with van der Waals surface area (Å²) in [5.41, 5.74) is 3.86. The summed E-state index contributed by atoms with van der Waals surface area (Å²) in [4.78, 5) is 42.1. The highest BCUT2D eigenvalue weighted by molar-refractivity contribution is 8.13. The van der Waals surface area contributed by atoms with E-state index in [1.807, 2.05) is 71.6 Å². The summed E-state index contributed by atoms with van der Waals surface area (Å²) in [7, 11) is 0. The zero-order chi connectivity index (χ0) is 26.8. The van der Waals surface area contributed by atoms with Crippen LogP contribution in [0.1, 0.15) is 24.0 Å². The average Bonchev–Trinajstić information content (AvgIpc) is 3.31. The number of thioether (sulfide) groups is 1. The Bertz CT molecular complexity index is 1450. The monoisotopic (exact) mass is 557 g/mol. The van der Waals surface area contributed by atoms with Crippen LogP contribution >= 0.6 is 23.4 Å². The van der Waals surface area contributed by atoms with Crippen molar-refractivity contribution in [3.63, 3.8) is 0 Å². The molecule has 0 radical (unpaired) electrons. The van der Waals surface area contributed by atoms with Crippen molar-refractivity contribution in [1.29, 1.82) is 0 Å². The number of benzene rings is 3. The van der Waals surface area contributed by atoms with E-state index in [1.54, 1.807) is 4.90 Å². The number of anilines is 1. The first-order chi connectivity index (χ1) is 19.1. The lowest BCUT2D eigenvalue weighted by atomic mass is 10.1. The number of halogens is 1. The largest absolute Gasteiger partial charge is 0.368 e. The molecule has 3 aliphatic heterocycles. The van der Waals surface area contributed by atoms with Gasteiger partial charge in [0.25, 0.3) is 5.91 Å². The zero-order valence-electron chi connectivity index (χ0n) is 21.4. The van der Waals surface area contributed by atoms with Crippen molar-refractivity contribution in [2.75, 3.05) is 31.1 Å². The van der Waals surface area contributed by atoms with Gasteiger partial charge in [0.2, 0.25) is 5.91 Å². The maximum Gasteiger partial charge on any atom is 0.259 e. The van der Waals surface area contributed by atoms with Crippen LogP contribution in [0.2, 0.25) is 5.02 Å². The third kappa shape index (κ3) is 5.44. The van der Waals surface area contributed by atoms with Crippen LogP contribution in [0, 0.1) is 0 Å². The Hall–Kier alpha value is -3.62. The molecular formula is C30H28ClN5O2S. The fourth-order valence-electron chi connectivity index (χ4n) is 5.13. The van der Waals surface area contributed by atoms with Crippen LogP contribution in [0.3, 0.4) is 0 Å². The van der Waals surface area contributed by atoms with Crippen LogP contribution in [0.25, 0.3) is 0 Å². The van der Waals surface area contributed by atoms with E-state index in [2.05, 4.69) is 17.0 Å². The smallest absolute Gasteiger partial charge is 0.259 e. The molecular weight excluding hydrogens is 530 g/mol. The van der Waals surface area contributed by atoms with E-state index in [1.165, 1.54) is 17.4 Å². The summed E-state index contributed by atoms with van der Waals surface area (Å²) in [6, 6.07) is 25.1. The fourth-order valence-corrected chi connectivity index (χ4v) is 6.29. The van der Waals surface area contributed by atoms with Crippen molar-refractivity contribution in [3.05, 3.63) is 95.0 Å². The normalized spacial score (nSPS) is 18.4. The molecule has 39 heavy (non-hydrogen) atoms. The minimum absolute atomic E-state index is 0.0743. The first-order valence-corrected chi connectivity index (χ1v) is 14.5. The number of fused-ring (bicyclic) bond motifs is 3. The highest BCUT2D eigenvalue weighted by Crippen LogP contribution is 2.35. The molecule has 198 valence electrons. The van der Waals surface area contributed by atoms with Crippen molar-refractivity contribution in [2.24, 2.45) is 9.98 Å². The molecule has 0 aliphatic carbocycles. The number of aliphatic imine (C=N–C) groups is 2. The molecule has 0 unspecified atom stereocenters. The number of hydrogen-bond acceptors (Lipinski definition) is 6. The Morgan fingerprint density at radius 2 is 1.72 bits per heavy atom. The van der Waals surface area contributed by atoms with Crippen molar-refractivity contribution in [3.8, 4) is 0 Å². The van der Waals surface area contributed by atoms with Crippen molar-refractivity contribution in [2.45, 2.75) is 24.6 Å². The molecule has 0 N–H and O–H groups in total. The van der Waals surface area contributed by atoms with Gasteiger partial charge >= 0.3 is 0 Å². The molecule has 9 heteroatoms. The highest BCUT2D eigenvalue weighted by atomic mass is 35.5. The number of carbonyl (C=O) groups is 2. The van der Waals surface area contributed by atoms with Gasteiger partial charge < -0.3 is 9.80 Å². The second-order valence-corrected chi connectivity index (χ2v) is 11.1. The Balaban J connectivity index is 1.11. The highest BCUT2D eigenvalue weighted by Gasteiger charge is 2.41. The molecule has 0 aromatic heterocycles. The van der Waals surface area contributed by atoms with Gasteiger partial charge in [0.05, 0.1) is 5.69 Å². The van der Waals surface area contributed by atoms with Gasteiger partial charge in [0, 0.05) is 54.6 Å². The summed E-state index contributed by atoms with van der Waals surface area (Å²) in [5, 5.41) is 1.28. The van der Waals surface area contributed by atoms with Crippen LogP contribution in [-0.2, 0) is 15.3 Å². The van der Waals surface area contributed by atoms with Crippen LogP contribution in [0.15, 0.2) is 88.8 Å². The second-order valence-electron chi connectivity index (χ2n) is 9.71. The third-order valence-corrected chi connectivity index (χ3v) is 8.43. The van der Waals surface area contributed by atoms with Gasteiger partial charge in [-0.2, -0.15) is 0 Å². The maximum absolute atomic E-state index is 13.6. The van der Waals surface area contributed by atoms with Gasteiger partial charge in [-0.15, -0.1) is 0 Å². The zero-order valence-corrected chi connectivity index (χ0v) is 22.9. The summed E-state index contributed by atoms with van der Waals surface area (Å²) in [6.45, 7) is 2.96. The predicted molar refractivity (Wildman–Crippen MR) is 158 cm³/mol. The first kappa shape index (κ1) is 25.6. The second kappa shape index (κ2) is 11.2. The van der Waals surface area contributed by atoms with Crippen molar-refractivity contribution < 1.29 is 9.59 Å². The standard InChI is InChI=1S/C30H28ClN5O2S/c31-22-8-6-7-21(19-22)20-39-30-33-25-12-5-4-11-24(25)28-32-26(29(38)36(28)30)13-14-27(37)35-17-15-34(16-18-35)23-9-2-1-3-10-23/h1-12,19,26H,13-18,20H2/t26-/m0/s1. The number of para-hydroxylation sites is 2. The average molecular weight is 558 g/mol. The number of amides is 2. The molecule has 3 aromatic rings. The lowest BCUT2D eigenvalue weighted by molar-refractivity contribution is -0.131. The molecule has 6 rings (SSSR count). The van der Waals surface area contributed by atoms with E-state index in [0.717, 1.165) is 29.9 Å². The summed E-state index contributed by atoms with van der Waals surface area (Å²) in [5.74, 6) is 1.19. The minimum Gasteiger partial charge on any atom is -0.368 e. The van der Waals surface area contributed by atoms with E-state index in [-0.39, 0.29) is 18.2 Å². The van der Waals surface area contributed by atoms with Crippen LogP contribution in [0.5, 0.6) is 0 Å². The SMILES string of the molecule is O=C(CC[C@@H]1N=C2c3ccccc3N=C(SCc3cccc(Cl)c3)N2C1=O)N1CCN(c2ccccc2)CC1. The number of piperazine rings is 1. The van der Waals surface area contributed by atoms with E-state index >= 15 is 0 Å². The van der Waals surface area contributed by atoms with Crippen LogP contribution < -0.4 is 4.90 Å². The number of carbonyl (C=O) groups excluding carboxylic acids is 2. The fraction of sp³-hybridized carbons (Fsp3) is 0.267. The summed E-state index contributed by atoms with van der Waals surface area (Å²) in [6.07, 6.45) is 0.668. The van der Waals surface area contributed by atoms with E-state index < -0.39 is 6.04 Å². The van der Waals surface area contributed by atoms with Crippen LogP contribution in [0.4, 0.5) is 11.4 Å². The lowest BCUT2D eigenvalue weighted by Gasteiger charge is -2.36. The van der Waals surface area contributed by atoms with Crippen molar-refractivity contribution in [1.82, 2.24) is 9.80 Å². The van der Waals surface area contributed by atoms with Crippen molar-refractivity contribution >= 4 is 57.6 Å². The Kier molecular flexibility index (Phi) is 7.39. The number of hydrogen-bond donors (Lipinski definition) is 0. The molecule has 0 spiro atoms. The lowest BCUT2D eigenvalue weighted by Crippen LogP contribution is -2.49. The molecule has 3 heterocycles. The molecule has 3 aliphatic rings. The van der Waals surface area contributed by atoms with Gasteiger partial charge in [-0.25, -0.2) is 9.89 Å². The molecule has 1 saturated heterocycles.